The lowest BCUT2D eigenvalue weighted by Crippen LogP contribution is -1.97. The Kier molecular flexibility index (Phi) is 3.72. The molecule has 4 rings (SSSR count). The third-order valence-corrected chi connectivity index (χ3v) is 4.24. The quantitative estimate of drug-likeness (QED) is 0.433. The molecule has 2 nitrogen and oxygen atoms in total. The zero-order valence-corrected chi connectivity index (χ0v) is 13.6. The highest BCUT2D eigenvalue weighted by Gasteiger charge is 2.03. The van der Waals surface area contributed by atoms with Crippen molar-refractivity contribution in [1.29, 1.82) is 0 Å². The van der Waals surface area contributed by atoms with Crippen LogP contribution in [0.5, 0.6) is 0 Å². The smallest absolute Gasteiger partial charge is 0.0659 e. The molecule has 0 bridgehead atoms. The second-order valence-electron chi connectivity index (χ2n) is 5.88. The van der Waals surface area contributed by atoms with Gasteiger partial charge in [-0.3, -0.25) is 4.99 Å². The summed E-state index contributed by atoms with van der Waals surface area (Å²) >= 11 is 0. The number of hydrogen-bond acceptors (Lipinski definition) is 1. The van der Waals surface area contributed by atoms with Gasteiger partial charge in [0.25, 0.3) is 0 Å². The summed E-state index contributed by atoms with van der Waals surface area (Å²) in [5, 5.41) is 2.49. The molecule has 0 radical (unpaired) electrons. The first-order valence-corrected chi connectivity index (χ1v) is 8.07. The second-order valence-corrected chi connectivity index (χ2v) is 5.88. The maximum atomic E-state index is 4.65. The van der Waals surface area contributed by atoms with Gasteiger partial charge < -0.3 is 4.57 Å². The van der Waals surface area contributed by atoms with Crippen LogP contribution in [-0.4, -0.2) is 10.8 Å². The molecule has 0 spiro atoms. The molecule has 0 N–H and O–H groups in total. The van der Waals surface area contributed by atoms with Gasteiger partial charge in [0.05, 0.1) is 17.6 Å². The van der Waals surface area contributed by atoms with E-state index >= 15 is 0 Å². The molecule has 4 aromatic rings. The molecule has 0 unspecified atom stereocenters. The number of rotatable bonds is 3. The van der Waals surface area contributed by atoms with Gasteiger partial charge in [-0.15, -0.1) is 0 Å². The summed E-state index contributed by atoms with van der Waals surface area (Å²) in [6, 6.07) is 27.2. The lowest BCUT2D eigenvalue weighted by atomic mass is 10.1. The molecule has 24 heavy (non-hydrogen) atoms. The molecule has 0 aliphatic heterocycles. The second kappa shape index (κ2) is 6.17. The van der Waals surface area contributed by atoms with Crippen molar-refractivity contribution >= 4 is 22.7 Å². The van der Waals surface area contributed by atoms with Crippen molar-refractivity contribution in [2.75, 3.05) is 0 Å². The molecule has 0 aliphatic carbocycles. The van der Waals surface area contributed by atoms with E-state index in [-0.39, 0.29) is 0 Å². The Morgan fingerprint density at radius 3 is 2.46 bits per heavy atom. The molecule has 116 valence electrons. The molecule has 0 aliphatic rings. The summed E-state index contributed by atoms with van der Waals surface area (Å²) in [6.45, 7) is 2.08. The van der Waals surface area contributed by atoms with Crippen LogP contribution in [0.1, 0.15) is 11.3 Å². The zero-order chi connectivity index (χ0) is 16.4. The first-order valence-electron chi connectivity index (χ1n) is 8.07. The number of fused-ring (bicyclic) bond motifs is 1. The lowest BCUT2D eigenvalue weighted by molar-refractivity contribution is 1.07. The van der Waals surface area contributed by atoms with E-state index in [4.69, 9.17) is 0 Å². The fraction of sp³-hybridized carbons (Fsp3) is 0.0455. The fourth-order valence-corrected chi connectivity index (χ4v) is 2.90. The minimum atomic E-state index is 1.00. The number of nitrogens with zero attached hydrogens (tertiary/aromatic N) is 2. The number of hydrogen-bond donors (Lipinski definition) is 0. The van der Waals surface area contributed by atoms with Gasteiger partial charge in [0, 0.05) is 11.9 Å². The Labute approximate surface area is 141 Å². The molecular formula is C22H18N2. The fourth-order valence-electron chi connectivity index (χ4n) is 2.90. The number of aryl methyl sites for hydroxylation is 1. The minimum Gasteiger partial charge on any atom is -0.316 e. The number of aliphatic imine (C=N–C) groups is 1. The Hall–Kier alpha value is -3.13. The molecule has 0 fully saturated rings. The van der Waals surface area contributed by atoms with Crippen molar-refractivity contribution in [1.82, 2.24) is 4.57 Å². The Balaban J connectivity index is 1.72. The highest BCUT2D eigenvalue weighted by molar-refractivity contribution is 5.86. The topological polar surface area (TPSA) is 17.3 Å². The van der Waals surface area contributed by atoms with E-state index in [9.17, 15) is 0 Å². The van der Waals surface area contributed by atoms with Crippen LogP contribution in [0.3, 0.4) is 0 Å². The van der Waals surface area contributed by atoms with Crippen molar-refractivity contribution in [3.8, 4) is 5.69 Å². The Morgan fingerprint density at radius 2 is 1.58 bits per heavy atom. The average Bonchev–Trinajstić information content (AvgIpc) is 3.09. The van der Waals surface area contributed by atoms with Crippen LogP contribution >= 0.6 is 0 Å². The van der Waals surface area contributed by atoms with E-state index in [1.54, 1.807) is 0 Å². The van der Waals surface area contributed by atoms with Crippen LogP contribution in [0.15, 0.2) is 90.1 Å². The SMILES string of the molecule is Cc1ccccc1N=Cc1cccn1-c1ccc2ccccc2c1. The van der Waals surface area contributed by atoms with Crippen molar-refractivity contribution in [3.05, 3.63) is 96.3 Å². The highest BCUT2D eigenvalue weighted by Crippen LogP contribution is 2.21. The van der Waals surface area contributed by atoms with Gasteiger partial charge in [0.1, 0.15) is 0 Å². The first kappa shape index (κ1) is 14.5. The van der Waals surface area contributed by atoms with Crippen LogP contribution in [-0.2, 0) is 0 Å². The van der Waals surface area contributed by atoms with E-state index in [0.29, 0.717) is 0 Å². The van der Waals surface area contributed by atoms with Crippen molar-refractivity contribution in [2.24, 2.45) is 4.99 Å². The summed E-state index contributed by atoms with van der Waals surface area (Å²) in [7, 11) is 0. The number of benzene rings is 3. The molecule has 2 heteroatoms. The first-order chi connectivity index (χ1) is 11.8. The van der Waals surface area contributed by atoms with Crippen molar-refractivity contribution < 1.29 is 0 Å². The van der Waals surface area contributed by atoms with Crippen LogP contribution in [0.2, 0.25) is 0 Å². The van der Waals surface area contributed by atoms with Crippen LogP contribution in [0.4, 0.5) is 5.69 Å². The standard InChI is InChI=1S/C22H18N2/c1-17-7-2-5-11-22(17)23-16-21-10-6-14-24(21)20-13-12-18-8-3-4-9-19(18)15-20/h2-16H,1H3. The van der Waals surface area contributed by atoms with Crippen molar-refractivity contribution in [2.45, 2.75) is 6.92 Å². The van der Waals surface area contributed by atoms with Gasteiger partial charge in [-0.1, -0.05) is 48.5 Å². The van der Waals surface area contributed by atoms with E-state index in [1.165, 1.54) is 16.3 Å². The Morgan fingerprint density at radius 1 is 0.792 bits per heavy atom. The average molecular weight is 310 g/mol. The van der Waals surface area contributed by atoms with Crippen LogP contribution in [0.25, 0.3) is 16.5 Å². The highest BCUT2D eigenvalue weighted by atomic mass is 15.0. The lowest BCUT2D eigenvalue weighted by Gasteiger charge is -2.08. The van der Waals surface area contributed by atoms with Crippen molar-refractivity contribution in [3.63, 3.8) is 0 Å². The van der Waals surface area contributed by atoms with Crippen LogP contribution < -0.4 is 0 Å². The summed E-state index contributed by atoms with van der Waals surface area (Å²) < 4.78 is 2.16. The molecule has 1 aromatic heterocycles. The number of aromatic nitrogens is 1. The third-order valence-electron chi connectivity index (χ3n) is 4.24. The Bertz CT molecular complexity index is 1020. The molecule has 0 saturated carbocycles. The molecule has 1 heterocycles. The molecular weight excluding hydrogens is 292 g/mol. The zero-order valence-electron chi connectivity index (χ0n) is 13.6. The number of para-hydroxylation sites is 1. The summed E-state index contributed by atoms with van der Waals surface area (Å²) in [5.74, 6) is 0. The molecule has 0 amide bonds. The van der Waals surface area contributed by atoms with E-state index in [0.717, 1.165) is 17.1 Å². The summed E-state index contributed by atoms with van der Waals surface area (Å²) in [5.41, 5.74) is 4.39. The van der Waals surface area contributed by atoms with Gasteiger partial charge >= 0.3 is 0 Å². The molecule has 3 aromatic carbocycles. The molecule has 0 atom stereocenters. The van der Waals surface area contributed by atoms with Gasteiger partial charge in [-0.2, -0.15) is 0 Å². The van der Waals surface area contributed by atoms with Gasteiger partial charge in [-0.25, -0.2) is 0 Å². The summed E-state index contributed by atoms with van der Waals surface area (Å²) in [6.07, 6.45) is 4.00. The van der Waals surface area contributed by atoms with E-state index in [1.807, 2.05) is 30.5 Å². The summed E-state index contributed by atoms with van der Waals surface area (Å²) in [4.78, 5) is 4.65. The largest absolute Gasteiger partial charge is 0.316 e. The van der Waals surface area contributed by atoms with Gasteiger partial charge in [0.2, 0.25) is 0 Å². The van der Waals surface area contributed by atoms with E-state index < -0.39 is 0 Å². The maximum absolute atomic E-state index is 4.65. The monoisotopic (exact) mass is 310 g/mol. The van der Waals surface area contributed by atoms with E-state index in [2.05, 4.69) is 77.3 Å². The predicted octanol–water partition coefficient (Wildman–Crippen LogP) is 5.69. The maximum Gasteiger partial charge on any atom is 0.0659 e. The molecule has 0 saturated heterocycles. The third kappa shape index (κ3) is 2.74. The minimum absolute atomic E-state index is 1.00. The normalized spacial score (nSPS) is 11.4. The van der Waals surface area contributed by atoms with Gasteiger partial charge in [-0.05, 0) is 53.6 Å². The predicted molar refractivity (Wildman–Crippen MR) is 102 cm³/mol. The van der Waals surface area contributed by atoms with Gasteiger partial charge in [0.15, 0.2) is 0 Å². The van der Waals surface area contributed by atoms with Crippen LogP contribution in [0, 0.1) is 6.92 Å².